The first kappa shape index (κ1) is 18.8. The van der Waals surface area contributed by atoms with Crippen LogP contribution in [-0.4, -0.2) is 41.8 Å². The molecule has 4 heteroatoms. The van der Waals surface area contributed by atoms with E-state index in [0.29, 0.717) is 5.92 Å². The number of nitrogens with one attached hydrogen (secondary N) is 1. The molecule has 1 aromatic carbocycles. The number of nitrogens with zero attached hydrogens (tertiary/aromatic N) is 1. The third-order valence-corrected chi connectivity index (χ3v) is 4.72. The van der Waals surface area contributed by atoms with Gasteiger partial charge < -0.3 is 15.0 Å². The first-order chi connectivity index (χ1) is 11.2. The lowest BCUT2D eigenvalue weighted by atomic mass is 9.88. The summed E-state index contributed by atoms with van der Waals surface area (Å²) in [7, 11) is 0. The monoisotopic (exact) mass is 332 g/mol. The van der Waals surface area contributed by atoms with E-state index in [2.05, 4.69) is 49.5 Å². The van der Waals surface area contributed by atoms with E-state index >= 15 is 0 Å². The molecule has 0 bridgehead atoms. The number of rotatable bonds is 4. The van der Waals surface area contributed by atoms with Crippen LogP contribution in [0.15, 0.2) is 30.3 Å². The molecule has 1 atom stereocenters. The Hall–Kier alpha value is -1.55. The molecule has 0 spiro atoms. The van der Waals surface area contributed by atoms with E-state index in [0.717, 1.165) is 32.5 Å². The Bertz CT molecular complexity index is 528. The summed E-state index contributed by atoms with van der Waals surface area (Å²) in [5, 5.41) is 3.73. The topological polar surface area (TPSA) is 41.6 Å². The average Bonchev–Trinajstić information content (AvgIpc) is 2.52. The number of ether oxygens (including phenoxy) is 1. The molecular formula is C20H32N2O2. The molecule has 1 aliphatic heterocycles. The van der Waals surface area contributed by atoms with Crippen molar-refractivity contribution in [1.82, 2.24) is 10.2 Å². The van der Waals surface area contributed by atoms with E-state index in [1.807, 2.05) is 25.7 Å². The Morgan fingerprint density at radius 2 is 1.83 bits per heavy atom. The molecule has 0 radical (unpaired) electrons. The Morgan fingerprint density at radius 3 is 2.38 bits per heavy atom. The van der Waals surface area contributed by atoms with E-state index in [4.69, 9.17) is 4.74 Å². The highest BCUT2D eigenvalue weighted by atomic mass is 16.6. The molecule has 1 saturated heterocycles. The number of piperidine rings is 1. The quantitative estimate of drug-likeness (QED) is 0.900. The summed E-state index contributed by atoms with van der Waals surface area (Å²) >= 11 is 0. The molecule has 1 fully saturated rings. The molecule has 1 aromatic rings. The number of amides is 1. The van der Waals surface area contributed by atoms with Crippen LogP contribution in [0.5, 0.6) is 0 Å². The van der Waals surface area contributed by atoms with E-state index in [1.165, 1.54) is 5.56 Å². The van der Waals surface area contributed by atoms with Crippen molar-refractivity contribution in [3.8, 4) is 0 Å². The predicted molar refractivity (Wildman–Crippen MR) is 98.3 cm³/mol. The molecular weight excluding hydrogens is 300 g/mol. The standard InChI is InChI=1S/C20H32N2O2/c1-16(17-9-7-6-8-10-17)15-21-20(5)11-13-22(14-12-20)18(23)24-19(2,3)4/h6-10,16,21H,11-15H2,1-5H3. The molecule has 1 amide bonds. The summed E-state index contributed by atoms with van der Waals surface area (Å²) in [6.07, 6.45) is 1.71. The third kappa shape index (κ3) is 5.52. The van der Waals surface area contributed by atoms with Crippen LogP contribution in [0.2, 0.25) is 0 Å². The fourth-order valence-electron chi connectivity index (χ4n) is 2.98. The summed E-state index contributed by atoms with van der Waals surface area (Å²) < 4.78 is 5.47. The van der Waals surface area contributed by atoms with E-state index in [1.54, 1.807) is 0 Å². The van der Waals surface area contributed by atoms with Gasteiger partial charge in [-0.15, -0.1) is 0 Å². The summed E-state index contributed by atoms with van der Waals surface area (Å²) in [5.41, 5.74) is 1.02. The highest BCUT2D eigenvalue weighted by molar-refractivity contribution is 5.68. The largest absolute Gasteiger partial charge is 0.444 e. The van der Waals surface area contributed by atoms with Gasteiger partial charge in [-0.25, -0.2) is 4.79 Å². The number of likely N-dealkylation sites (tertiary alicyclic amines) is 1. The lowest BCUT2D eigenvalue weighted by Gasteiger charge is -2.41. The predicted octanol–water partition coefficient (Wildman–Crippen LogP) is 4.17. The molecule has 4 nitrogen and oxygen atoms in total. The highest BCUT2D eigenvalue weighted by Crippen LogP contribution is 2.24. The number of benzene rings is 1. The summed E-state index contributed by atoms with van der Waals surface area (Å²) in [6, 6.07) is 10.6. The summed E-state index contributed by atoms with van der Waals surface area (Å²) in [6.45, 7) is 12.7. The number of carbonyl (C=O) groups is 1. The van der Waals surface area contributed by atoms with Gasteiger partial charge in [0.1, 0.15) is 5.60 Å². The molecule has 134 valence electrons. The minimum atomic E-state index is -0.429. The normalized spacial score (nSPS) is 19.0. The van der Waals surface area contributed by atoms with Crippen LogP contribution in [0.25, 0.3) is 0 Å². The fraction of sp³-hybridized carbons (Fsp3) is 0.650. The molecule has 0 aliphatic carbocycles. The van der Waals surface area contributed by atoms with Gasteiger partial charge >= 0.3 is 6.09 Å². The van der Waals surface area contributed by atoms with Gasteiger partial charge in [-0.05, 0) is 52.0 Å². The van der Waals surface area contributed by atoms with Crippen LogP contribution in [-0.2, 0) is 4.74 Å². The van der Waals surface area contributed by atoms with Crippen LogP contribution in [0.4, 0.5) is 4.79 Å². The molecule has 1 heterocycles. The Balaban J connectivity index is 1.81. The second kappa shape index (κ2) is 7.56. The van der Waals surface area contributed by atoms with E-state index in [9.17, 15) is 4.79 Å². The van der Waals surface area contributed by atoms with Gasteiger partial charge in [0.25, 0.3) is 0 Å². The Labute approximate surface area is 146 Å². The van der Waals surface area contributed by atoms with Crippen LogP contribution >= 0.6 is 0 Å². The fourth-order valence-corrected chi connectivity index (χ4v) is 2.98. The van der Waals surface area contributed by atoms with Crippen LogP contribution in [0.3, 0.4) is 0 Å². The van der Waals surface area contributed by atoms with Gasteiger partial charge in [-0.3, -0.25) is 0 Å². The minimum Gasteiger partial charge on any atom is -0.444 e. The number of hydrogen-bond acceptors (Lipinski definition) is 3. The van der Waals surface area contributed by atoms with Crippen molar-refractivity contribution in [2.24, 2.45) is 0 Å². The first-order valence-corrected chi connectivity index (χ1v) is 8.96. The van der Waals surface area contributed by atoms with Gasteiger partial charge in [0.05, 0.1) is 0 Å². The van der Waals surface area contributed by atoms with Crippen molar-refractivity contribution in [3.05, 3.63) is 35.9 Å². The van der Waals surface area contributed by atoms with Crippen molar-refractivity contribution in [2.75, 3.05) is 19.6 Å². The van der Waals surface area contributed by atoms with Crippen LogP contribution in [0.1, 0.15) is 58.9 Å². The summed E-state index contributed by atoms with van der Waals surface area (Å²) in [5.74, 6) is 0.479. The van der Waals surface area contributed by atoms with E-state index in [-0.39, 0.29) is 11.6 Å². The van der Waals surface area contributed by atoms with Gasteiger partial charge in [0.15, 0.2) is 0 Å². The highest BCUT2D eigenvalue weighted by Gasteiger charge is 2.33. The van der Waals surface area contributed by atoms with Crippen LogP contribution in [0, 0.1) is 0 Å². The second-order valence-electron chi connectivity index (χ2n) is 8.22. The molecule has 1 unspecified atom stereocenters. The second-order valence-corrected chi connectivity index (χ2v) is 8.22. The molecule has 1 N–H and O–H groups in total. The van der Waals surface area contributed by atoms with Gasteiger partial charge in [0, 0.05) is 25.2 Å². The maximum Gasteiger partial charge on any atom is 0.410 e. The zero-order valence-corrected chi connectivity index (χ0v) is 15.8. The zero-order chi connectivity index (χ0) is 17.8. The third-order valence-electron chi connectivity index (χ3n) is 4.72. The maximum absolute atomic E-state index is 12.2. The SMILES string of the molecule is CC(CNC1(C)CCN(C(=O)OC(C)(C)C)CC1)c1ccccc1. The first-order valence-electron chi connectivity index (χ1n) is 8.96. The van der Waals surface area contributed by atoms with Crippen molar-refractivity contribution in [1.29, 1.82) is 0 Å². The summed E-state index contributed by atoms with van der Waals surface area (Å²) in [4.78, 5) is 14.0. The van der Waals surface area contributed by atoms with Crippen molar-refractivity contribution >= 4 is 6.09 Å². The smallest absolute Gasteiger partial charge is 0.410 e. The minimum absolute atomic E-state index is 0.0849. The van der Waals surface area contributed by atoms with Gasteiger partial charge in [-0.2, -0.15) is 0 Å². The molecule has 2 rings (SSSR count). The van der Waals surface area contributed by atoms with Gasteiger partial charge in [-0.1, -0.05) is 37.3 Å². The number of hydrogen-bond donors (Lipinski definition) is 1. The van der Waals surface area contributed by atoms with Crippen molar-refractivity contribution < 1.29 is 9.53 Å². The molecule has 1 aliphatic rings. The lowest BCUT2D eigenvalue weighted by Crippen LogP contribution is -2.53. The average molecular weight is 332 g/mol. The van der Waals surface area contributed by atoms with Crippen LogP contribution < -0.4 is 5.32 Å². The Morgan fingerprint density at radius 1 is 1.25 bits per heavy atom. The zero-order valence-electron chi connectivity index (χ0n) is 15.8. The molecule has 0 saturated carbocycles. The molecule has 24 heavy (non-hydrogen) atoms. The number of carbonyl (C=O) groups excluding carboxylic acids is 1. The Kier molecular flexibility index (Phi) is 5.92. The molecule has 0 aromatic heterocycles. The lowest BCUT2D eigenvalue weighted by molar-refractivity contribution is 0.0157. The van der Waals surface area contributed by atoms with Gasteiger partial charge in [0.2, 0.25) is 0 Å². The maximum atomic E-state index is 12.2. The van der Waals surface area contributed by atoms with Crippen molar-refractivity contribution in [3.63, 3.8) is 0 Å². The van der Waals surface area contributed by atoms with Crippen molar-refractivity contribution in [2.45, 2.75) is 64.5 Å². The van der Waals surface area contributed by atoms with E-state index < -0.39 is 5.60 Å².